The molecule has 2 aromatic carbocycles. The lowest BCUT2D eigenvalue weighted by Crippen LogP contribution is -2.55. The van der Waals surface area contributed by atoms with Gasteiger partial charge >= 0.3 is 0 Å². The number of likely N-dealkylation sites (tertiary alicyclic amines) is 1. The van der Waals surface area contributed by atoms with Crippen molar-refractivity contribution in [1.29, 1.82) is 0 Å². The molecule has 1 heterocycles. The molecule has 3 amide bonds. The monoisotopic (exact) mass is 530 g/mol. The summed E-state index contributed by atoms with van der Waals surface area (Å²) in [4.78, 5) is 39.4. The molecule has 0 unspecified atom stereocenters. The number of benzene rings is 2. The van der Waals surface area contributed by atoms with E-state index < -0.39 is 48.9 Å². The topological polar surface area (TPSA) is 111 Å². The molecule has 1 fully saturated rings. The van der Waals surface area contributed by atoms with E-state index in [0.29, 0.717) is 6.42 Å². The van der Waals surface area contributed by atoms with E-state index in [9.17, 15) is 28.3 Å². The maximum absolute atomic E-state index is 14.4. The summed E-state index contributed by atoms with van der Waals surface area (Å²) >= 11 is 0. The number of aliphatic hydroxyl groups excluding tert-OH is 1. The number of unbranched alkanes of at least 4 members (excludes halogenated alkanes) is 1. The second-order valence-corrected chi connectivity index (χ2v) is 9.62. The SMILES string of the molecule is CCCCC(=O)N[C@@H](Cc1ccccc1)[C@H](O)C(=O)N1CC(F)(F)C[C@H]1C(=O)NCc1ccc(NC)cc1. The summed E-state index contributed by atoms with van der Waals surface area (Å²) in [7, 11) is 1.78. The molecular weight excluding hydrogens is 494 g/mol. The number of carbonyl (C=O) groups excluding carboxylic acids is 3. The van der Waals surface area contributed by atoms with Crippen LogP contribution in [0.5, 0.6) is 0 Å². The van der Waals surface area contributed by atoms with Crippen LogP contribution < -0.4 is 16.0 Å². The van der Waals surface area contributed by atoms with Crippen LogP contribution in [0.25, 0.3) is 0 Å². The molecule has 3 atom stereocenters. The Hall–Kier alpha value is -3.53. The van der Waals surface area contributed by atoms with Crippen molar-refractivity contribution in [3.63, 3.8) is 0 Å². The molecule has 0 saturated carbocycles. The molecule has 0 aliphatic carbocycles. The van der Waals surface area contributed by atoms with Crippen molar-refractivity contribution in [2.24, 2.45) is 0 Å². The average molecular weight is 531 g/mol. The molecule has 206 valence electrons. The van der Waals surface area contributed by atoms with Gasteiger partial charge in [-0.15, -0.1) is 0 Å². The van der Waals surface area contributed by atoms with E-state index in [0.717, 1.165) is 28.1 Å². The normalized spacial score (nSPS) is 17.9. The van der Waals surface area contributed by atoms with Crippen molar-refractivity contribution in [3.05, 3.63) is 65.7 Å². The van der Waals surface area contributed by atoms with Crippen molar-refractivity contribution in [2.45, 2.75) is 69.7 Å². The van der Waals surface area contributed by atoms with Crippen LogP contribution in [-0.4, -0.2) is 65.4 Å². The van der Waals surface area contributed by atoms with Crippen LogP contribution in [0, 0.1) is 0 Å². The minimum absolute atomic E-state index is 0.0968. The van der Waals surface area contributed by atoms with Crippen molar-refractivity contribution in [3.8, 4) is 0 Å². The first-order chi connectivity index (χ1) is 18.1. The molecule has 0 radical (unpaired) electrons. The molecule has 10 heteroatoms. The quantitative estimate of drug-likeness (QED) is 0.337. The Labute approximate surface area is 221 Å². The smallest absolute Gasteiger partial charge is 0.267 e. The number of hydrogen-bond acceptors (Lipinski definition) is 5. The molecule has 4 N–H and O–H groups in total. The van der Waals surface area contributed by atoms with Gasteiger partial charge in [0.25, 0.3) is 11.8 Å². The number of halogens is 2. The fourth-order valence-corrected chi connectivity index (χ4v) is 4.45. The number of nitrogens with zero attached hydrogens (tertiary/aromatic N) is 1. The van der Waals surface area contributed by atoms with Gasteiger partial charge in [-0.1, -0.05) is 55.8 Å². The third-order valence-corrected chi connectivity index (χ3v) is 6.60. The molecule has 1 aliphatic rings. The van der Waals surface area contributed by atoms with Crippen molar-refractivity contribution in [1.82, 2.24) is 15.5 Å². The third-order valence-electron chi connectivity index (χ3n) is 6.60. The van der Waals surface area contributed by atoms with E-state index in [1.807, 2.05) is 25.1 Å². The standard InChI is InChI=1S/C28H36F2N4O4/c1-3-4-10-24(35)33-22(15-19-8-6-5-7-9-19)25(36)27(38)34-18-28(29,30)16-23(34)26(37)32-17-20-11-13-21(31-2)14-12-20/h5-9,11-14,22-23,25,31,36H,3-4,10,15-18H2,1-2H3,(H,32,37)(H,33,35)/t22-,23-,25-/m0/s1. The van der Waals surface area contributed by atoms with E-state index in [2.05, 4.69) is 16.0 Å². The summed E-state index contributed by atoms with van der Waals surface area (Å²) in [5.41, 5.74) is 2.40. The second kappa shape index (κ2) is 13.3. The lowest BCUT2D eigenvalue weighted by Gasteiger charge is -2.30. The molecule has 0 spiro atoms. The van der Waals surface area contributed by atoms with E-state index in [-0.39, 0.29) is 25.3 Å². The molecule has 2 aromatic rings. The van der Waals surface area contributed by atoms with Crippen LogP contribution in [0.15, 0.2) is 54.6 Å². The molecule has 38 heavy (non-hydrogen) atoms. The van der Waals surface area contributed by atoms with Gasteiger partial charge in [0.15, 0.2) is 6.10 Å². The zero-order chi connectivity index (χ0) is 27.7. The Morgan fingerprint density at radius 3 is 2.39 bits per heavy atom. The minimum Gasteiger partial charge on any atom is -0.388 e. The van der Waals surface area contributed by atoms with Gasteiger partial charge in [-0.2, -0.15) is 0 Å². The van der Waals surface area contributed by atoms with Crippen molar-refractivity contribution in [2.75, 3.05) is 18.9 Å². The van der Waals surface area contributed by atoms with Gasteiger partial charge in [0.1, 0.15) is 6.04 Å². The minimum atomic E-state index is -3.29. The summed E-state index contributed by atoms with van der Waals surface area (Å²) in [6.07, 6.45) is -0.898. The van der Waals surface area contributed by atoms with E-state index in [1.54, 1.807) is 43.4 Å². The molecular formula is C28H36F2N4O4. The molecule has 0 aromatic heterocycles. The highest BCUT2D eigenvalue weighted by atomic mass is 19.3. The molecule has 1 aliphatic heterocycles. The van der Waals surface area contributed by atoms with Crippen LogP contribution >= 0.6 is 0 Å². The first-order valence-corrected chi connectivity index (χ1v) is 12.9. The molecule has 0 bridgehead atoms. The molecule has 8 nitrogen and oxygen atoms in total. The predicted molar refractivity (Wildman–Crippen MR) is 141 cm³/mol. The van der Waals surface area contributed by atoms with Gasteiger partial charge in [0, 0.05) is 32.1 Å². The Balaban J connectivity index is 1.73. The molecule has 3 rings (SSSR count). The maximum Gasteiger partial charge on any atom is 0.267 e. The van der Waals surface area contributed by atoms with Crippen molar-refractivity contribution < 1.29 is 28.3 Å². The van der Waals surface area contributed by atoms with E-state index in [1.165, 1.54) is 0 Å². The first kappa shape index (κ1) is 29.0. The maximum atomic E-state index is 14.4. The van der Waals surface area contributed by atoms with E-state index >= 15 is 0 Å². The first-order valence-electron chi connectivity index (χ1n) is 12.9. The Morgan fingerprint density at radius 1 is 1.08 bits per heavy atom. The number of carbonyl (C=O) groups is 3. The highest BCUT2D eigenvalue weighted by Gasteiger charge is 2.51. The largest absolute Gasteiger partial charge is 0.388 e. The fourth-order valence-electron chi connectivity index (χ4n) is 4.45. The van der Waals surface area contributed by atoms with Crippen LogP contribution in [-0.2, 0) is 27.3 Å². The highest BCUT2D eigenvalue weighted by molar-refractivity contribution is 5.91. The summed E-state index contributed by atoms with van der Waals surface area (Å²) in [6.45, 7) is 1.04. The zero-order valence-electron chi connectivity index (χ0n) is 21.8. The zero-order valence-corrected chi connectivity index (χ0v) is 21.8. The summed E-state index contributed by atoms with van der Waals surface area (Å²) in [5.74, 6) is -5.38. The summed E-state index contributed by atoms with van der Waals surface area (Å²) in [6, 6.07) is 13.7. The number of amides is 3. The number of rotatable bonds is 12. The Morgan fingerprint density at radius 2 is 1.76 bits per heavy atom. The number of hydrogen-bond donors (Lipinski definition) is 4. The van der Waals surface area contributed by atoms with Gasteiger partial charge in [0.05, 0.1) is 12.6 Å². The summed E-state index contributed by atoms with van der Waals surface area (Å²) in [5, 5.41) is 19.3. The predicted octanol–water partition coefficient (Wildman–Crippen LogP) is 2.86. The van der Waals surface area contributed by atoms with Gasteiger partial charge in [-0.05, 0) is 36.1 Å². The Kier molecular flexibility index (Phi) is 10.2. The lowest BCUT2D eigenvalue weighted by atomic mass is 9.99. The highest BCUT2D eigenvalue weighted by Crippen LogP contribution is 2.33. The number of aliphatic hydroxyl groups is 1. The van der Waals surface area contributed by atoms with Crippen LogP contribution in [0.4, 0.5) is 14.5 Å². The number of anilines is 1. The molecule has 1 saturated heterocycles. The van der Waals surface area contributed by atoms with Gasteiger partial charge in [-0.3, -0.25) is 14.4 Å². The third kappa shape index (κ3) is 7.98. The summed E-state index contributed by atoms with van der Waals surface area (Å²) < 4.78 is 28.9. The Bertz CT molecular complexity index is 1080. The number of nitrogens with one attached hydrogen (secondary N) is 3. The fraction of sp³-hybridized carbons (Fsp3) is 0.464. The van der Waals surface area contributed by atoms with Gasteiger partial charge in [0.2, 0.25) is 11.8 Å². The average Bonchev–Trinajstić information content (AvgIpc) is 3.25. The van der Waals surface area contributed by atoms with Crippen LogP contribution in [0.2, 0.25) is 0 Å². The van der Waals surface area contributed by atoms with Crippen LogP contribution in [0.3, 0.4) is 0 Å². The van der Waals surface area contributed by atoms with Crippen molar-refractivity contribution >= 4 is 23.4 Å². The second-order valence-electron chi connectivity index (χ2n) is 9.62. The number of alkyl halides is 2. The van der Waals surface area contributed by atoms with Gasteiger partial charge in [-0.25, -0.2) is 8.78 Å². The van der Waals surface area contributed by atoms with Crippen LogP contribution in [0.1, 0.15) is 43.7 Å². The lowest BCUT2D eigenvalue weighted by molar-refractivity contribution is -0.147. The van der Waals surface area contributed by atoms with E-state index in [4.69, 9.17) is 0 Å². The van der Waals surface area contributed by atoms with Gasteiger partial charge < -0.3 is 26.0 Å².